The lowest BCUT2D eigenvalue weighted by Gasteiger charge is -2.37. The van der Waals surface area contributed by atoms with E-state index >= 15 is 4.79 Å². The van der Waals surface area contributed by atoms with Crippen LogP contribution in [-0.2, 0) is 45.9 Å². The number of aromatic nitrogens is 3. The smallest absolute Gasteiger partial charge is 0.264 e. The summed E-state index contributed by atoms with van der Waals surface area (Å²) in [6, 6.07) is 29.7. The second-order valence-corrected chi connectivity index (χ2v) is 22.2. The minimum absolute atomic E-state index is 0.0120. The van der Waals surface area contributed by atoms with Crippen molar-refractivity contribution in [1.82, 2.24) is 20.3 Å². The van der Waals surface area contributed by atoms with Gasteiger partial charge in [-0.25, -0.2) is 0 Å². The fourth-order valence-electron chi connectivity index (χ4n) is 10.3. The summed E-state index contributed by atoms with van der Waals surface area (Å²) in [4.78, 5) is 34.1. The van der Waals surface area contributed by atoms with Crippen molar-refractivity contribution in [1.29, 1.82) is 0 Å². The van der Waals surface area contributed by atoms with Crippen molar-refractivity contribution in [3.8, 4) is 11.5 Å². The molecule has 1 saturated heterocycles. The number of rotatable bonds is 18. The van der Waals surface area contributed by atoms with E-state index < -0.39 is 19.7 Å². The number of anilines is 3. The number of fused-ring (bicyclic) bond motifs is 3. The summed E-state index contributed by atoms with van der Waals surface area (Å²) in [5.41, 5.74) is 4.25. The number of benzene rings is 4. The zero-order valence-electron chi connectivity index (χ0n) is 37.0. The van der Waals surface area contributed by atoms with E-state index in [0.29, 0.717) is 63.3 Å². The highest BCUT2D eigenvalue weighted by Crippen LogP contribution is 2.61. The number of aliphatic hydroxyl groups excluding tert-OH is 2. The normalized spacial score (nSPS) is 21.9. The summed E-state index contributed by atoms with van der Waals surface area (Å²) < 4.78 is 20.8. The van der Waals surface area contributed by atoms with Crippen LogP contribution in [0.1, 0.15) is 55.5 Å². The van der Waals surface area contributed by atoms with Gasteiger partial charge in [0, 0.05) is 49.5 Å². The average molecular weight is 873 g/mol. The molecule has 2 amide bonds. The number of ether oxygens (including phenoxy) is 3. The molecule has 1 unspecified atom stereocenters. The maximum absolute atomic E-state index is 15.7. The molecule has 5 aromatic rings. The number of methoxy groups -OCH3 is 1. The minimum atomic E-state index is -2.47. The van der Waals surface area contributed by atoms with E-state index in [1.54, 1.807) is 16.7 Å². The molecule has 1 spiro atoms. The SMILES string of the molecule is CCOc1ccc2c(c1)CC(NCCCCO)C(=O)N2c1ccc2c(c1)[C@]1(O[C@@H](CCn3cc(CCO)nn3)[C@H]([Si](C)(C)c3ccc(OC)cc3)[C@H]1C)C(=O)N2Cc1ccccc1. The van der Waals surface area contributed by atoms with Gasteiger partial charge in [0.15, 0.2) is 5.60 Å². The van der Waals surface area contributed by atoms with E-state index in [1.165, 1.54) is 5.19 Å². The third-order valence-electron chi connectivity index (χ3n) is 13.4. The Balaban J connectivity index is 1.25. The van der Waals surface area contributed by atoms with Crippen LogP contribution in [0.25, 0.3) is 0 Å². The predicted octanol–water partition coefficient (Wildman–Crippen LogP) is 6.02. The lowest BCUT2D eigenvalue weighted by atomic mass is 9.82. The fourth-order valence-corrected chi connectivity index (χ4v) is 14.4. The Kier molecular flexibility index (Phi) is 13.2. The number of unbranched alkanes of at least 4 members (excludes halogenated alkanes) is 1. The van der Waals surface area contributed by atoms with E-state index in [0.717, 1.165) is 46.0 Å². The molecule has 3 N–H and O–H groups in total. The Bertz CT molecular complexity index is 2390. The molecule has 0 bridgehead atoms. The van der Waals surface area contributed by atoms with E-state index in [2.05, 4.69) is 47.8 Å². The van der Waals surface area contributed by atoms with Crippen LogP contribution in [-0.4, -0.2) is 90.7 Å². The highest BCUT2D eigenvalue weighted by Gasteiger charge is 2.66. The monoisotopic (exact) mass is 872 g/mol. The van der Waals surface area contributed by atoms with Crippen LogP contribution in [0.3, 0.4) is 0 Å². The van der Waals surface area contributed by atoms with Gasteiger partial charge < -0.3 is 34.6 Å². The highest BCUT2D eigenvalue weighted by molar-refractivity contribution is 6.91. The number of aliphatic hydroxyl groups is 2. The minimum Gasteiger partial charge on any atom is -0.497 e. The molecule has 4 heterocycles. The van der Waals surface area contributed by atoms with Crippen LogP contribution >= 0.6 is 0 Å². The largest absolute Gasteiger partial charge is 0.497 e. The first-order valence-corrected chi connectivity index (χ1v) is 25.4. The lowest BCUT2D eigenvalue weighted by molar-refractivity contribution is -0.146. The van der Waals surface area contributed by atoms with Gasteiger partial charge in [0.2, 0.25) is 5.91 Å². The maximum Gasteiger partial charge on any atom is 0.264 e. The van der Waals surface area contributed by atoms with Gasteiger partial charge in [-0.2, -0.15) is 0 Å². The van der Waals surface area contributed by atoms with Crippen LogP contribution < -0.4 is 29.8 Å². The van der Waals surface area contributed by atoms with Gasteiger partial charge in [0.05, 0.1) is 57.5 Å². The van der Waals surface area contributed by atoms with Crippen molar-refractivity contribution in [2.45, 2.75) is 95.4 Å². The van der Waals surface area contributed by atoms with E-state index in [1.807, 2.05) is 96.9 Å². The fraction of sp³-hybridized carbons (Fsp3) is 0.429. The maximum atomic E-state index is 15.7. The highest BCUT2D eigenvalue weighted by atomic mass is 28.3. The molecule has 63 heavy (non-hydrogen) atoms. The molecule has 1 aromatic heterocycles. The van der Waals surface area contributed by atoms with Gasteiger partial charge >= 0.3 is 0 Å². The number of nitrogens with zero attached hydrogens (tertiary/aromatic N) is 5. The van der Waals surface area contributed by atoms with Crippen LogP contribution in [0.2, 0.25) is 18.6 Å². The molecule has 332 valence electrons. The number of nitrogens with one attached hydrogen (secondary N) is 1. The second-order valence-electron chi connectivity index (χ2n) is 17.5. The Morgan fingerprint density at radius 2 is 1.70 bits per heavy atom. The molecule has 4 aromatic carbocycles. The molecule has 1 fully saturated rings. The predicted molar refractivity (Wildman–Crippen MR) is 246 cm³/mol. The van der Waals surface area contributed by atoms with Crippen molar-refractivity contribution >= 4 is 42.1 Å². The third-order valence-corrected chi connectivity index (χ3v) is 17.7. The molecule has 0 aliphatic carbocycles. The molecule has 14 heteroatoms. The summed E-state index contributed by atoms with van der Waals surface area (Å²) in [5.74, 6) is 1.05. The van der Waals surface area contributed by atoms with Crippen molar-refractivity contribution in [3.63, 3.8) is 0 Å². The lowest BCUT2D eigenvalue weighted by Crippen LogP contribution is -2.52. The van der Waals surface area contributed by atoms with Crippen molar-refractivity contribution in [2.75, 3.05) is 43.3 Å². The number of aryl methyl sites for hydroxylation is 1. The summed E-state index contributed by atoms with van der Waals surface area (Å²) in [6.07, 6.45) is 4.40. The summed E-state index contributed by atoms with van der Waals surface area (Å²) >= 11 is 0. The molecule has 3 aliphatic rings. The number of hydrogen-bond donors (Lipinski definition) is 3. The van der Waals surface area contributed by atoms with Crippen LogP contribution in [0.15, 0.2) is 97.2 Å². The van der Waals surface area contributed by atoms with E-state index in [4.69, 9.17) is 14.2 Å². The molecule has 8 rings (SSSR count). The molecule has 5 atom stereocenters. The van der Waals surface area contributed by atoms with E-state index in [9.17, 15) is 15.0 Å². The Hall–Kier alpha value is -5.38. The van der Waals surface area contributed by atoms with Gasteiger partial charge in [0.1, 0.15) is 11.5 Å². The van der Waals surface area contributed by atoms with Crippen molar-refractivity contribution in [2.24, 2.45) is 5.92 Å². The number of amides is 2. The van der Waals surface area contributed by atoms with Gasteiger partial charge in [0.25, 0.3) is 5.91 Å². The number of carbonyl (C=O) groups is 2. The Morgan fingerprint density at radius 1 is 0.937 bits per heavy atom. The number of hydrogen-bond acceptors (Lipinski definition) is 10. The quantitative estimate of drug-likeness (QED) is 0.0704. The first-order chi connectivity index (χ1) is 30.5. The molecule has 0 radical (unpaired) electrons. The summed E-state index contributed by atoms with van der Waals surface area (Å²) in [5, 5.41) is 32.4. The average Bonchev–Trinajstić information content (AvgIpc) is 3.94. The standard InChI is InChI=1S/C49H60N6O7Si/c1-6-61-39-17-21-43-35(28-39)29-42(50-24-10-11-26-56)47(58)55(43)37-14-20-44-41(30-37)49(48(59)54(44)31-34-12-8-7-9-13-34)33(2)46(63(4,5)40-18-15-38(60-3)16-19-40)45(62-49)22-25-53-32-36(23-27-57)51-52-53/h7-9,12-21,28,30,32-33,42,45-46,50,56-57H,6,10-11,22-27,29,31H2,1-5H3/t33-,42?,45+,46-,49+/m1/s1. The zero-order chi connectivity index (χ0) is 44.3. The van der Waals surface area contributed by atoms with Gasteiger partial charge in [-0.05, 0) is 104 Å². The first-order valence-electron chi connectivity index (χ1n) is 22.3. The summed E-state index contributed by atoms with van der Waals surface area (Å²) in [7, 11) is -0.799. The van der Waals surface area contributed by atoms with Gasteiger partial charge in [-0.15, -0.1) is 5.10 Å². The molecule has 3 aliphatic heterocycles. The van der Waals surface area contributed by atoms with Gasteiger partial charge in [-0.3, -0.25) is 19.2 Å². The topological polar surface area (TPSA) is 152 Å². The third kappa shape index (κ3) is 8.42. The van der Waals surface area contributed by atoms with Crippen LogP contribution in [0.5, 0.6) is 11.5 Å². The van der Waals surface area contributed by atoms with Gasteiger partial charge in [-0.1, -0.05) is 72.9 Å². The molecule has 0 saturated carbocycles. The molecule has 13 nitrogen and oxygen atoms in total. The number of carbonyl (C=O) groups excluding carboxylic acids is 2. The van der Waals surface area contributed by atoms with Crippen molar-refractivity contribution < 1.29 is 34.0 Å². The molecular formula is C49H60N6O7Si. The zero-order valence-corrected chi connectivity index (χ0v) is 38.0. The second kappa shape index (κ2) is 18.8. The van der Waals surface area contributed by atoms with Crippen LogP contribution in [0, 0.1) is 5.92 Å². The first kappa shape index (κ1) is 44.2. The van der Waals surface area contributed by atoms with Crippen molar-refractivity contribution in [3.05, 3.63) is 120 Å². The molecular weight excluding hydrogens is 813 g/mol. The summed E-state index contributed by atoms with van der Waals surface area (Å²) in [6.45, 7) is 10.9. The Morgan fingerprint density at radius 3 is 2.43 bits per heavy atom. The van der Waals surface area contributed by atoms with E-state index in [-0.39, 0.29) is 42.6 Å². The van der Waals surface area contributed by atoms with Crippen LogP contribution in [0.4, 0.5) is 17.1 Å². The Labute approximate surface area is 371 Å².